The van der Waals surface area contributed by atoms with Crippen LogP contribution in [-0.2, 0) is 6.54 Å². The van der Waals surface area contributed by atoms with Crippen molar-refractivity contribution in [3.63, 3.8) is 0 Å². The molecule has 1 fully saturated rings. The van der Waals surface area contributed by atoms with Gasteiger partial charge in [-0.3, -0.25) is 4.99 Å². The van der Waals surface area contributed by atoms with Gasteiger partial charge in [0, 0.05) is 51.9 Å². The Morgan fingerprint density at radius 1 is 1.10 bits per heavy atom. The lowest BCUT2D eigenvalue weighted by atomic mass is 10.2. The summed E-state index contributed by atoms with van der Waals surface area (Å²) in [6.45, 7) is 6.51. The highest BCUT2D eigenvalue weighted by molar-refractivity contribution is 14.0. The van der Waals surface area contributed by atoms with Gasteiger partial charge in [-0.25, -0.2) is 0 Å². The number of hydrogen-bond acceptors (Lipinski definition) is 4. The van der Waals surface area contributed by atoms with Crippen LogP contribution in [0.3, 0.4) is 0 Å². The second-order valence-corrected chi connectivity index (χ2v) is 6.86. The Hall–Kier alpha value is -1.27. The number of aliphatic imine (C=N–C) groups is 1. The molecule has 0 aliphatic carbocycles. The summed E-state index contributed by atoms with van der Waals surface area (Å²) in [6, 6.07) is 6.09. The van der Waals surface area contributed by atoms with Crippen molar-refractivity contribution < 1.29 is 17.9 Å². The van der Waals surface area contributed by atoms with Crippen LogP contribution in [0.15, 0.2) is 29.3 Å². The van der Waals surface area contributed by atoms with Crippen LogP contribution in [0.2, 0.25) is 0 Å². The number of rotatable bonds is 8. The predicted molar refractivity (Wildman–Crippen MR) is 120 cm³/mol. The van der Waals surface area contributed by atoms with Crippen LogP contribution in [0.5, 0.6) is 5.75 Å². The molecule has 0 atom stereocenters. The van der Waals surface area contributed by atoms with E-state index < -0.39 is 6.36 Å². The number of ether oxygens (including phenoxy) is 1. The first kappa shape index (κ1) is 25.8. The number of halogens is 4. The van der Waals surface area contributed by atoms with E-state index in [0.717, 1.165) is 52.1 Å². The van der Waals surface area contributed by atoms with Crippen LogP contribution in [0, 0.1) is 0 Å². The van der Waals surface area contributed by atoms with Gasteiger partial charge in [0.25, 0.3) is 0 Å². The quantitative estimate of drug-likeness (QED) is 0.235. The van der Waals surface area contributed by atoms with E-state index in [2.05, 4.69) is 37.2 Å². The Morgan fingerprint density at radius 3 is 2.45 bits per heavy atom. The maximum Gasteiger partial charge on any atom is 0.573 e. The number of nitrogens with one attached hydrogen (secondary N) is 2. The molecule has 0 spiro atoms. The summed E-state index contributed by atoms with van der Waals surface area (Å²) in [5.74, 6) is 0.353. The van der Waals surface area contributed by atoms with Gasteiger partial charge in [-0.2, -0.15) is 0 Å². The van der Waals surface area contributed by atoms with E-state index in [4.69, 9.17) is 0 Å². The lowest BCUT2D eigenvalue weighted by Gasteiger charge is -2.32. The van der Waals surface area contributed by atoms with Crippen molar-refractivity contribution in [2.45, 2.75) is 25.7 Å². The molecule has 1 aromatic rings. The minimum Gasteiger partial charge on any atom is -0.405 e. The molecule has 166 valence electrons. The molecule has 6 nitrogen and oxygen atoms in total. The van der Waals surface area contributed by atoms with Gasteiger partial charge in [-0.15, -0.1) is 37.1 Å². The summed E-state index contributed by atoms with van der Waals surface area (Å²) in [6.07, 6.45) is -2.61. The monoisotopic (exact) mass is 529 g/mol. The van der Waals surface area contributed by atoms with Crippen LogP contribution in [0.1, 0.15) is 18.4 Å². The fraction of sp³-hybridized carbons (Fsp3) is 0.632. The van der Waals surface area contributed by atoms with Gasteiger partial charge in [-0.05, 0) is 32.5 Å². The number of piperazine rings is 1. The summed E-state index contributed by atoms with van der Waals surface area (Å²) < 4.78 is 41.6. The number of alkyl halides is 3. The summed E-state index contributed by atoms with van der Waals surface area (Å²) in [4.78, 5) is 8.93. The van der Waals surface area contributed by atoms with E-state index in [1.165, 1.54) is 12.1 Å². The lowest BCUT2D eigenvalue weighted by molar-refractivity contribution is -0.274. The third-order valence-corrected chi connectivity index (χ3v) is 4.66. The van der Waals surface area contributed by atoms with Crippen LogP contribution in [0.25, 0.3) is 0 Å². The number of likely N-dealkylation sites (N-methyl/N-ethyl adjacent to an activating group) is 1. The average molecular weight is 529 g/mol. The van der Waals surface area contributed by atoms with Gasteiger partial charge in [-0.1, -0.05) is 18.2 Å². The van der Waals surface area contributed by atoms with E-state index in [1.54, 1.807) is 19.2 Å². The summed E-state index contributed by atoms with van der Waals surface area (Å²) in [5.41, 5.74) is 0.415. The number of hydrogen-bond donors (Lipinski definition) is 2. The lowest BCUT2D eigenvalue weighted by Crippen LogP contribution is -2.44. The van der Waals surface area contributed by atoms with E-state index in [1.807, 2.05) is 0 Å². The highest BCUT2D eigenvalue weighted by atomic mass is 127. The first-order valence-electron chi connectivity index (χ1n) is 9.56. The van der Waals surface area contributed by atoms with Gasteiger partial charge >= 0.3 is 6.36 Å². The van der Waals surface area contributed by atoms with Gasteiger partial charge in [0.15, 0.2) is 5.96 Å². The van der Waals surface area contributed by atoms with Crippen molar-refractivity contribution in [3.05, 3.63) is 29.8 Å². The fourth-order valence-electron chi connectivity index (χ4n) is 3.01. The standard InChI is InChI=1S/C19H30F3N5O.HI/c1-23-18(24-9-5-6-10-27-13-11-26(2)12-14-27)25-15-16-7-3-4-8-17(16)28-19(20,21)22;/h3-4,7-8H,5-6,9-15H2,1-2H3,(H2,23,24,25);1H. The number of nitrogens with zero attached hydrogens (tertiary/aromatic N) is 3. The van der Waals surface area contributed by atoms with E-state index >= 15 is 0 Å². The minimum atomic E-state index is -4.71. The second-order valence-electron chi connectivity index (χ2n) is 6.86. The molecule has 0 radical (unpaired) electrons. The molecular weight excluding hydrogens is 498 g/mol. The van der Waals surface area contributed by atoms with E-state index in [0.29, 0.717) is 11.5 Å². The highest BCUT2D eigenvalue weighted by Crippen LogP contribution is 2.25. The van der Waals surface area contributed by atoms with Gasteiger partial charge in [0.05, 0.1) is 0 Å². The molecule has 1 aliphatic rings. The Morgan fingerprint density at radius 2 is 1.79 bits per heavy atom. The molecule has 2 rings (SSSR count). The first-order chi connectivity index (χ1) is 13.4. The third kappa shape index (κ3) is 10.4. The van der Waals surface area contributed by atoms with E-state index in [-0.39, 0.29) is 36.3 Å². The molecule has 0 unspecified atom stereocenters. The number of unbranched alkanes of at least 4 members (excludes halogenated alkanes) is 1. The van der Waals surface area contributed by atoms with Crippen LogP contribution >= 0.6 is 24.0 Å². The second kappa shape index (κ2) is 13.1. The molecule has 0 bridgehead atoms. The number of benzene rings is 1. The van der Waals surface area contributed by atoms with Crippen molar-refractivity contribution in [2.24, 2.45) is 4.99 Å². The summed E-state index contributed by atoms with van der Waals surface area (Å²) >= 11 is 0. The molecule has 0 saturated carbocycles. The Balaban J connectivity index is 0.00000420. The number of guanidine groups is 1. The molecule has 1 saturated heterocycles. The molecule has 29 heavy (non-hydrogen) atoms. The van der Waals surface area contributed by atoms with Crippen molar-refractivity contribution in [1.82, 2.24) is 20.4 Å². The van der Waals surface area contributed by atoms with Crippen LogP contribution < -0.4 is 15.4 Å². The Bertz CT molecular complexity index is 622. The summed E-state index contributed by atoms with van der Waals surface area (Å²) in [5, 5.41) is 6.23. The van der Waals surface area contributed by atoms with Crippen LogP contribution in [-0.4, -0.2) is 75.5 Å². The average Bonchev–Trinajstić information content (AvgIpc) is 2.65. The fourth-order valence-corrected chi connectivity index (χ4v) is 3.01. The van der Waals surface area contributed by atoms with E-state index in [9.17, 15) is 13.2 Å². The van der Waals surface area contributed by atoms with Gasteiger partial charge < -0.3 is 25.2 Å². The molecule has 0 aromatic heterocycles. The number of para-hydroxylation sites is 1. The highest BCUT2D eigenvalue weighted by Gasteiger charge is 2.31. The normalized spacial score (nSPS) is 16.2. The van der Waals surface area contributed by atoms with Crippen molar-refractivity contribution >= 4 is 29.9 Å². The molecule has 0 amide bonds. The zero-order valence-corrected chi connectivity index (χ0v) is 19.3. The largest absolute Gasteiger partial charge is 0.573 e. The molecule has 2 N–H and O–H groups in total. The molecule has 1 heterocycles. The third-order valence-electron chi connectivity index (χ3n) is 4.66. The van der Waals surface area contributed by atoms with Crippen molar-refractivity contribution in [1.29, 1.82) is 0 Å². The Kier molecular flexibility index (Phi) is 11.7. The minimum absolute atomic E-state index is 0. The van der Waals surface area contributed by atoms with Crippen LogP contribution in [0.4, 0.5) is 13.2 Å². The SMILES string of the molecule is CN=C(NCCCCN1CCN(C)CC1)NCc1ccccc1OC(F)(F)F.I. The molecule has 1 aliphatic heterocycles. The zero-order chi connectivity index (χ0) is 20.4. The van der Waals surface area contributed by atoms with Gasteiger partial charge in [0.1, 0.15) is 5.75 Å². The summed E-state index contributed by atoms with van der Waals surface area (Å²) in [7, 11) is 3.78. The smallest absolute Gasteiger partial charge is 0.405 e. The molecule has 1 aromatic carbocycles. The van der Waals surface area contributed by atoms with Crippen molar-refractivity contribution in [2.75, 3.05) is 53.4 Å². The maximum atomic E-state index is 12.5. The first-order valence-corrected chi connectivity index (χ1v) is 9.56. The van der Waals surface area contributed by atoms with Gasteiger partial charge in [0.2, 0.25) is 0 Å². The predicted octanol–water partition coefficient (Wildman–Crippen LogP) is 2.90. The molecule has 10 heteroatoms. The Labute approximate surface area is 187 Å². The topological polar surface area (TPSA) is 52.1 Å². The van der Waals surface area contributed by atoms with Crippen molar-refractivity contribution in [3.8, 4) is 5.75 Å². The molecular formula is C19H31F3IN5O. The maximum absolute atomic E-state index is 12.5. The zero-order valence-electron chi connectivity index (χ0n) is 17.0.